The number of pyridine rings is 1. The first-order valence-corrected chi connectivity index (χ1v) is 7.96. The second-order valence-corrected chi connectivity index (χ2v) is 5.87. The molecule has 1 aliphatic rings. The lowest BCUT2D eigenvalue weighted by Gasteiger charge is -2.14. The average Bonchev–Trinajstić information content (AvgIpc) is 2.70. The second kappa shape index (κ2) is 7.12. The van der Waals surface area contributed by atoms with Crippen LogP contribution in [0.3, 0.4) is 0 Å². The van der Waals surface area contributed by atoms with Crippen LogP contribution in [0.5, 0.6) is 0 Å². The van der Waals surface area contributed by atoms with E-state index in [1.165, 1.54) is 0 Å². The van der Waals surface area contributed by atoms with Crippen molar-refractivity contribution in [1.29, 1.82) is 0 Å². The minimum Gasteiger partial charge on any atom is -0.340 e. The SMILES string of the molecule is Cc1ccnc(NC(=O)CC[C@H]2NC(=O)c3ccccc3NC2=O)c1. The molecule has 0 unspecified atom stereocenters. The number of aromatic nitrogens is 1. The number of nitrogens with one attached hydrogen (secondary N) is 3. The highest BCUT2D eigenvalue weighted by Gasteiger charge is 2.27. The first-order chi connectivity index (χ1) is 12.0. The summed E-state index contributed by atoms with van der Waals surface area (Å²) in [6.07, 6.45) is 1.90. The fourth-order valence-corrected chi connectivity index (χ4v) is 2.60. The van der Waals surface area contributed by atoms with E-state index < -0.39 is 6.04 Å². The van der Waals surface area contributed by atoms with Crippen LogP contribution in [-0.2, 0) is 9.59 Å². The number of anilines is 2. The summed E-state index contributed by atoms with van der Waals surface area (Å²) >= 11 is 0. The number of carbonyl (C=O) groups excluding carboxylic acids is 3. The van der Waals surface area contributed by atoms with Crippen molar-refractivity contribution in [2.24, 2.45) is 0 Å². The highest BCUT2D eigenvalue weighted by atomic mass is 16.2. The van der Waals surface area contributed by atoms with E-state index in [0.717, 1.165) is 5.56 Å². The Labute approximate surface area is 144 Å². The monoisotopic (exact) mass is 338 g/mol. The molecule has 7 heteroatoms. The van der Waals surface area contributed by atoms with Gasteiger partial charge in [-0.05, 0) is 43.2 Å². The molecule has 0 aliphatic carbocycles. The van der Waals surface area contributed by atoms with Crippen LogP contribution < -0.4 is 16.0 Å². The number of hydrogen-bond donors (Lipinski definition) is 3. The van der Waals surface area contributed by atoms with Crippen molar-refractivity contribution in [2.45, 2.75) is 25.8 Å². The quantitative estimate of drug-likeness (QED) is 0.792. The molecule has 3 amide bonds. The maximum Gasteiger partial charge on any atom is 0.254 e. The smallest absolute Gasteiger partial charge is 0.254 e. The minimum atomic E-state index is -0.767. The third-order valence-electron chi connectivity index (χ3n) is 3.89. The maximum atomic E-state index is 12.3. The molecule has 0 radical (unpaired) electrons. The van der Waals surface area contributed by atoms with Crippen LogP contribution in [0.1, 0.15) is 28.8 Å². The molecule has 2 aromatic rings. The van der Waals surface area contributed by atoms with Crippen molar-refractivity contribution in [3.8, 4) is 0 Å². The summed E-state index contributed by atoms with van der Waals surface area (Å²) < 4.78 is 0. The normalized spacial score (nSPS) is 16.3. The Bertz CT molecular complexity index is 835. The molecule has 0 spiro atoms. The van der Waals surface area contributed by atoms with Gasteiger partial charge in [-0.3, -0.25) is 14.4 Å². The molecule has 0 bridgehead atoms. The lowest BCUT2D eigenvalue weighted by molar-refractivity contribution is -0.118. The van der Waals surface area contributed by atoms with Crippen LogP contribution in [0.25, 0.3) is 0 Å². The zero-order chi connectivity index (χ0) is 17.8. The van der Waals surface area contributed by atoms with Crippen LogP contribution >= 0.6 is 0 Å². The summed E-state index contributed by atoms with van der Waals surface area (Å²) in [6.45, 7) is 1.90. The Hall–Kier alpha value is -3.22. The topological polar surface area (TPSA) is 100 Å². The molecule has 128 valence electrons. The van der Waals surface area contributed by atoms with Gasteiger partial charge in [-0.2, -0.15) is 0 Å². The van der Waals surface area contributed by atoms with E-state index in [-0.39, 0.29) is 30.6 Å². The molecule has 3 N–H and O–H groups in total. The predicted octanol–water partition coefficient (Wildman–Crippen LogP) is 1.86. The summed E-state index contributed by atoms with van der Waals surface area (Å²) in [5, 5.41) is 8.07. The molecule has 3 rings (SSSR count). The summed E-state index contributed by atoms with van der Waals surface area (Å²) in [7, 11) is 0. The Morgan fingerprint density at radius 2 is 2.04 bits per heavy atom. The van der Waals surface area contributed by atoms with Gasteiger partial charge >= 0.3 is 0 Å². The van der Waals surface area contributed by atoms with E-state index in [2.05, 4.69) is 20.9 Å². The number of aryl methyl sites for hydroxylation is 1. The van der Waals surface area contributed by atoms with E-state index in [1.807, 2.05) is 13.0 Å². The molecule has 1 aromatic heterocycles. The van der Waals surface area contributed by atoms with Crippen molar-refractivity contribution < 1.29 is 14.4 Å². The van der Waals surface area contributed by atoms with Crippen molar-refractivity contribution in [3.05, 3.63) is 53.7 Å². The maximum absolute atomic E-state index is 12.3. The van der Waals surface area contributed by atoms with E-state index in [9.17, 15) is 14.4 Å². The predicted molar refractivity (Wildman–Crippen MR) is 93.2 cm³/mol. The van der Waals surface area contributed by atoms with Gasteiger partial charge in [0.1, 0.15) is 11.9 Å². The average molecular weight is 338 g/mol. The Morgan fingerprint density at radius 1 is 1.24 bits per heavy atom. The highest BCUT2D eigenvalue weighted by Crippen LogP contribution is 2.19. The minimum absolute atomic E-state index is 0.0876. The van der Waals surface area contributed by atoms with E-state index in [0.29, 0.717) is 17.1 Å². The number of hydrogen-bond acceptors (Lipinski definition) is 4. The number of para-hydroxylation sites is 1. The molecular weight excluding hydrogens is 320 g/mol. The molecule has 1 atom stereocenters. The van der Waals surface area contributed by atoms with Gasteiger partial charge in [0.15, 0.2) is 0 Å². The molecular formula is C18H18N4O3. The summed E-state index contributed by atoms with van der Waals surface area (Å²) in [5.74, 6) is -0.465. The van der Waals surface area contributed by atoms with E-state index in [4.69, 9.17) is 0 Å². The largest absolute Gasteiger partial charge is 0.340 e. The zero-order valence-corrected chi connectivity index (χ0v) is 13.7. The first kappa shape index (κ1) is 16.6. The summed E-state index contributed by atoms with van der Waals surface area (Å²) in [5.41, 5.74) is 1.87. The highest BCUT2D eigenvalue weighted by molar-refractivity contribution is 6.09. The van der Waals surface area contributed by atoms with Crippen LogP contribution in [0.4, 0.5) is 11.5 Å². The standard InChI is InChI=1S/C18H18N4O3/c1-11-8-9-19-15(10-11)22-16(23)7-6-14-18(25)20-13-5-3-2-4-12(13)17(24)21-14/h2-5,8-10,14H,6-7H2,1H3,(H,20,25)(H,21,24)(H,19,22,23)/t14-/m1/s1. The molecule has 1 aliphatic heterocycles. The fraction of sp³-hybridized carbons (Fsp3) is 0.222. The van der Waals surface area contributed by atoms with Gasteiger partial charge in [0.05, 0.1) is 11.3 Å². The number of amides is 3. The Kier molecular flexibility index (Phi) is 4.74. The van der Waals surface area contributed by atoms with Crippen molar-refractivity contribution in [2.75, 3.05) is 10.6 Å². The van der Waals surface area contributed by atoms with Crippen LogP contribution in [0.2, 0.25) is 0 Å². The third kappa shape index (κ3) is 4.00. The van der Waals surface area contributed by atoms with Gasteiger partial charge in [-0.15, -0.1) is 0 Å². The fourth-order valence-electron chi connectivity index (χ4n) is 2.60. The van der Waals surface area contributed by atoms with Gasteiger partial charge in [0.25, 0.3) is 5.91 Å². The molecule has 0 saturated carbocycles. The second-order valence-electron chi connectivity index (χ2n) is 5.87. The number of benzene rings is 1. The number of carbonyl (C=O) groups is 3. The van der Waals surface area contributed by atoms with Gasteiger partial charge in [0.2, 0.25) is 11.8 Å². The molecule has 0 fully saturated rings. The van der Waals surface area contributed by atoms with Crippen LogP contribution in [-0.4, -0.2) is 28.7 Å². The van der Waals surface area contributed by atoms with E-state index >= 15 is 0 Å². The number of nitrogens with zero attached hydrogens (tertiary/aromatic N) is 1. The third-order valence-corrected chi connectivity index (χ3v) is 3.89. The van der Waals surface area contributed by atoms with Crippen molar-refractivity contribution in [3.63, 3.8) is 0 Å². The molecule has 1 aromatic carbocycles. The number of rotatable bonds is 4. The molecule has 2 heterocycles. The van der Waals surface area contributed by atoms with Gasteiger partial charge < -0.3 is 16.0 Å². The van der Waals surface area contributed by atoms with E-state index in [1.54, 1.807) is 36.5 Å². The summed E-state index contributed by atoms with van der Waals surface area (Å²) in [6, 6.07) is 9.61. The number of fused-ring (bicyclic) bond motifs is 1. The lowest BCUT2D eigenvalue weighted by atomic mass is 10.1. The Balaban J connectivity index is 1.61. The van der Waals surface area contributed by atoms with Gasteiger partial charge in [-0.25, -0.2) is 4.98 Å². The van der Waals surface area contributed by atoms with Crippen molar-refractivity contribution in [1.82, 2.24) is 10.3 Å². The molecule has 25 heavy (non-hydrogen) atoms. The van der Waals surface area contributed by atoms with Crippen molar-refractivity contribution >= 4 is 29.2 Å². The van der Waals surface area contributed by atoms with Gasteiger partial charge in [0, 0.05) is 12.6 Å². The Morgan fingerprint density at radius 3 is 2.84 bits per heavy atom. The molecule has 0 saturated heterocycles. The van der Waals surface area contributed by atoms with Gasteiger partial charge in [-0.1, -0.05) is 12.1 Å². The molecule has 7 nitrogen and oxygen atoms in total. The van der Waals surface area contributed by atoms with Crippen LogP contribution in [0.15, 0.2) is 42.6 Å². The lowest BCUT2D eigenvalue weighted by Crippen LogP contribution is -2.41. The first-order valence-electron chi connectivity index (χ1n) is 7.96. The summed E-state index contributed by atoms with van der Waals surface area (Å²) in [4.78, 5) is 40.6. The van der Waals surface area contributed by atoms with Crippen LogP contribution in [0, 0.1) is 6.92 Å². The zero-order valence-electron chi connectivity index (χ0n) is 13.7.